The number of likely N-dealkylation sites (tertiary alicyclic amines) is 1. The molecule has 0 bridgehead atoms. The standard InChI is InChI=1S/C23H29N7O2/c1-28-22(31)19-21(30(23(28)32)18-6-2-3-7-18)27-26-20(25-19)16-8-10-17(11-9-16)24-12-15-29-13-4-5-14-29/h8-11,18,24H,2-7,12-15H2,1H3. The lowest BCUT2D eigenvalue weighted by molar-refractivity contribution is 0.352. The fraction of sp³-hybridized carbons (Fsp3) is 0.522. The van der Waals surface area contributed by atoms with Gasteiger partial charge in [-0.2, -0.15) is 0 Å². The summed E-state index contributed by atoms with van der Waals surface area (Å²) in [4.78, 5) is 32.6. The summed E-state index contributed by atoms with van der Waals surface area (Å²) in [6, 6.07) is 7.89. The van der Waals surface area contributed by atoms with Crippen molar-refractivity contribution in [2.24, 2.45) is 7.05 Å². The Hall–Kier alpha value is -3.07. The third kappa shape index (κ3) is 3.92. The number of rotatable bonds is 6. The van der Waals surface area contributed by atoms with Gasteiger partial charge < -0.3 is 10.2 Å². The van der Waals surface area contributed by atoms with E-state index in [1.54, 1.807) is 4.57 Å². The zero-order valence-electron chi connectivity index (χ0n) is 18.5. The van der Waals surface area contributed by atoms with Crippen molar-refractivity contribution < 1.29 is 0 Å². The largest absolute Gasteiger partial charge is 0.384 e. The van der Waals surface area contributed by atoms with Crippen molar-refractivity contribution in [3.63, 3.8) is 0 Å². The van der Waals surface area contributed by atoms with Crippen LogP contribution in [-0.4, -0.2) is 55.4 Å². The van der Waals surface area contributed by atoms with Crippen LogP contribution in [0.4, 0.5) is 5.69 Å². The molecular formula is C23H29N7O2. The Balaban J connectivity index is 1.41. The average Bonchev–Trinajstić information content (AvgIpc) is 3.53. The fourth-order valence-corrected chi connectivity index (χ4v) is 4.84. The summed E-state index contributed by atoms with van der Waals surface area (Å²) in [5.41, 5.74) is 1.52. The molecule has 0 spiro atoms. The number of fused-ring (bicyclic) bond motifs is 1. The minimum Gasteiger partial charge on any atom is -0.384 e. The predicted molar refractivity (Wildman–Crippen MR) is 124 cm³/mol. The predicted octanol–water partition coefficient (Wildman–Crippen LogP) is 2.17. The lowest BCUT2D eigenvalue weighted by atomic mass is 10.2. The van der Waals surface area contributed by atoms with Crippen molar-refractivity contribution in [3.05, 3.63) is 45.1 Å². The number of aromatic nitrogens is 5. The molecular weight excluding hydrogens is 406 g/mol. The van der Waals surface area contributed by atoms with Gasteiger partial charge in [-0.15, -0.1) is 10.2 Å². The van der Waals surface area contributed by atoms with Gasteiger partial charge in [-0.1, -0.05) is 12.8 Å². The molecule has 168 valence electrons. The highest BCUT2D eigenvalue weighted by molar-refractivity contribution is 5.71. The Kier molecular flexibility index (Phi) is 5.73. The molecule has 0 amide bonds. The van der Waals surface area contributed by atoms with Gasteiger partial charge in [0.25, 0.3) is 5.56 Å². The molecule has 0 radical (unpaired) electrons. The smallest absolute Gasteiger partial charge is 0.332 e. The summed E-state index contributed by atoms with van der Waals surface area (Å²) in [7, 11) is 1.50. The minimum absolute atomic E-state index is 0.0460. The molecule has 3 heterocycles. The summed E-state index contributed by atoms with van der Waals surface area (Å²) in [6.07, 6.45) is 6.55. The monoisotopic (exact) mass is 435 g/mol. The second kappa shape index (κ2) is 8.82. The molecule has 5 rings (SSSR count). The number of hydrogen-bond acceptors (Lipinski definition) is 7. The van der Waals surface area contributed by atoms with E-state index in [4.69, 9.17) is 0 Å². The van der Waals surface area contributed by atoms with E-state index >= 15 is 0 Å². The molecule has 1 aliphatic heterocycles. The van der Waals surface area contributed by atoms with Gasteiger partial charge in [-0.3, -0.25) is 13.9 Å². The summed E-state index contributed by atoms with van der Waals surface area (Å²) in [5, 5.41) is 12.0. The topological polar surface area (TPSA) is 97.9 Å². The average molecular weight is 436 g/mol. The van der Waals surface area contributed by atoms with Crippen molar-refractivity contribution in [1.29, 1.82) is 0 Å². The van der Waals surface area contributed by atoms with Gasteiger partial charge in [0, 0.05) is 37.4 Å². The molecule has 2 aromatic heterocycles. The molecule has 0 atom stereocenters. The maximum atomic E-state index is 12.8. The highest BCUT2D eigenvalue weighted by atomic mass is 16.2. The van der Waals surface area contributed by atoms with E-state index in [9.17, 15) is 9.59 Å². The Labute approximate surface area is 186 Å². The normalized spacial score (nSPS) is 17.4. The molecule has 1 N–H and O–H groups in total. The van der Waals surface area contributed by atoms with Crippen LogP contribution >= 0.6 is 0 Å². The second-order valence-electron chi connectivity index (χ2n) is 8.82. The molecule has 1 saturated heterocycles. The molecule has 0 unspecified atom stereocenters. The number of benzene rings is 1. The molecule has 1 aromatic carbocycles. The Morgan fingerprint density at radius 3 is 2.44 bits per heavy atom. The Morgan fingerprint density at radius 2 is 1.72 bits per heavy atom. The van der Waals surface area contributed by atoms with E-state index in [0.717, 1.165) is 54.6 Å². The third-order valence-electron chi connectivity index (χ3n) is 6.69. The maximum Gasteiger partial charge on any atom is 0.332 e. The van der Waals surface area contributed by atoms with Crippen LogP contribution in [0.1, 0.15) is 44.6 Å². The van der Waals surface area contributed by atoms with E-state index in [1.165, 1.54) is 33.0 Å². The zero-order chi connectivity index (χ0) is 22.1. The molecule has 1 saturated carbocycles. The molecule has 3 aromatic rings. The quantitative estimate of drug-likeness (QED) is 0.634. The minimum atomic E-state index is -0.435. The van der Waals surface area contributed by atoms with Gasteiger partial charge in [-0.05, 0) is 63.0 Å². The lowest BCUT2D eigenvalue weighted by Gasteiger charge is -2.16. The van der Waals surface area contributed by atoms with Gasteiger partial charge in [-0.25, -0.2) is 9.78 Å². The summed E-state index contributed by atoms with van der Waals surface area (Å²) >= 11 is 0. The Bertz CT molecular complexity index is 1220. The van der Waals surface area contributed by atoms with Crippen molar-refractivity contribution in [1.82, 2.24) is 29.2 Å². The van der Waals surface area contributed by atoms with Crippen LogP contribution < -0.4 is 16.6 Å². The number of nitrogens with zero attached hydrogens (tertiary/aromatic N) is 6. The Morgan fingerprint density at radius 1 is 1.00 bits per heavy atom. The molecule has 2 fully saturated rings. The van der Waals surface area contributed by atoms with Gasteiger partial charge in [0.15, 0.2) is 17.0 Å². The van der Waals surface area contributed by atoms with Gasteiger partial charge >= 0.3 is 5.69 Å². The highest BCUT2D eigenvalue weighted by Gasteiger charge is 2.24. The molecule has 32 heavy (non-hydrogen) atoms. The van der Waals surface area contributed by atoms with E-state index in [0.29, 0.717) is 5.82 Å². The maximum absolute atomic E-state index is 12.8. The van der Waals surface area contributed by atoms with Crippen LogP contribution in [-0.2, 0) is 7.05 Å². The third-order valence-corrected chi connectivity index (χ3v) is 6.69. The summed E-state index contributed by atoms with van der Waals surface area (Å²) < 4.78 is 2.74. The van der Waals surface area contributed by atoms with Crippen molar-refractivity contribution in [3.8, 4) is 11.4 Å². The van der Waals surface area contributed by atoms with Crippen LogP contribution in [0, 0.1) is 0 Å². The van der Waals surface area contributed by atoms with Crippen LogP contribution in [0.2, 0.25) is 0 Å². The molecule has 1 aliphatic carbocycles. The van der Waals surface area contributed by atoms with E-state index < -0.39 is 5.56 Å². The first-order valence-corrected chi connectivity index (χ1v) is 11.5. The first-order valence-electron chi connectivity index (χ1n) is 11.5. The molecule has 2 aliphatic rings. The highest BCUT2D eigenvalue weighted by Crippen LogP contribution is 2.29. The zero-order valence-corrected chi connectivity index (χ0v) is 18.5. The van der Waals surface area contributed by atoms with Crippen LogP contribution in [0.15, 0.2) is 33.9 Å². The number of anilines is 1. The van der Waals surface area contributed by atoms with Crippen LogP contribution in [0.25, 0.3) is 22.6 Å². The molecule has 9 heteroatoms. The first-order chi connectivity index (χ1) is 15.6. The summed E-state index contributed by atoms with van der Waals surface area (Å²) in [6.45, 7) is 4.34. The van der Waals surface area contributed by atoms with E-state index in [-0.39, 0.29) is 22.9 Å². The van der Waals surface area contributed by atoms with Crippen molar-refractivity contribution >= 4 is 16.9 Å². The fourth-order valence-electron chi connectivity index (χ4n) is 4.84. The van der Waals surface area contributed by atoms with E-state index in [1.807, 2.05) is 24.3 Å². The second-order valence-corrected chi connectivity index (χ2v) is 8.82. The van der Waals surface area contributed by atoms with Crippen molar-refractivity contribution in [2.75, 3.05) is 31.5 Å². The summed E-state index contributed by atoms with van der Waals surface area (Å²) in [5.74, 6) is 0.384. The SMILES string of the molecule is Cn1c(=O)c2nc(-c3ccc(NCCN4CCCC4)cc3)nnc2n(C2CCCC2)c1=O. The van der Waals surface area contributed by atoms with Crippen molar-refractivity contribution in [2.45, 2.75) is 44.6 Å². The number of hydrogen-bond donors (Lipinski definition) is 1. The first kappa shape index (κ1) is 20.8. The van der Waals surface area contributed by atoms with Gasteiger partial charge in [0.05, 0.1) is 0 Å². The van der Waals surface area contributed by atoms with E-state index in [2.05, 4.69) is 25.4 Å². The van der Waals surface area contributed by atoms with Gasteiger partial charge in [0.1, 0.15) is 0 Å². The lowest BCUT2D eigenvalue weighted by Crippen LogP contribution is -2.40. The number of nitrogens with one attached hydrogen (secondary N) is 1. The molecule has 9 nitrogen and oxygen atoms in total. The van der Waals surface area contributed by atoms with Gasteiger partial charge in [0.2, 0.25) is 0 Å². The van der Waals surface area contributed by atoms with Crippen LogP contribution in [0.3, 0.4) is 0 Å². The van der Waals surface area contributed by atoms with Crippen LogP contribution in [0.5, 0.6) is 0 Å².